The van der Waals surface area contributed by atoms with E-state index in [2.05, 4.69) is 14.7 Å². The van der Waals surface area contributed by atoms with E-state index in [0.29, 0.717) is 5.69 Å². The van der Waals surface area contributed by atoms with E-state index < -0.39 is 11.5 Å². The van der Waals surface area contributed by atoms with Gasteiger partial charge in [0.2, 0.25) is 0 Å². The van der Waals surface area contributed by atoms with E-state index in [-0.39, 0.29) is 5.56 Å². The van der Waals surface area contributed by atoms with Crippen molar-refractivity contribution in [3.63, 3.8) is 0 Å². The first-order valence-electron chi connectivity index (χ1n) is 4.94. The van der Waals surface area contributed by atoms with Crippen molar-refractivity contribution in [1.82, 2.24) is 9.97 Å². The second-order valence-electron chi connectivity index (χ2n) is 3.34. The van der Waals surface area contributed by atoms with Gasteiger partial charge in [-0.2, -0.15) is 0 Å². The lowest BCUT2D eigenvalue weighted by Gasteiger charge is -2.02. The molecule has 1 N–H and O–H groups in total. The molecule has 0 fully saturated rings. The van der Waals surface area contributed by atoms with Crippen molar-refractivity contribution in [3.05, 3.63) is 52.6 Å². The van der Waals surface area contributed by atoms with Gasteiger partial charge in [0, 0.05) is 23.7 Å². The zero-order chi connectivity index (χ0) is 12.3. The standard InChI is InChI=1S/C12H10N2O3/c1-17-12(16)9-2-3-10(14-11(9)15)8-4-6-13-7-5-8/h2-7H,1H3,(H,14,15). The number of carbonyl (C=O) groups is 1. The van der Waals surface area contributed by atoms with E-state index in [9.17, 15) is 9.59 Å². The van der Waals surface area contributed by atoms with E-state index in [4.69, 9.17) is 0 Å². The first kappa shape index (κ1) is 11.1. The summed E-state index contributed by atoms with van der Waals surface area (Å²) in [6.45, 7) is 0. The molecule has 0 aliphatic rings. The van der Waals surface area contributed by atoms with Crippen LogP contribution in [0.5, 0.6) is 0 Å². The summed E-state index contributed by atoms with van der Waals surface area (Å²) < 4.78 is 4.49. The van der Waals surface area contributed by atoms with Crippen LogP contribution in [0.4, 0.5) is 0 Å². The molecule has 0 amide bonds. The molecule has 0 aromatic carbocycles. The minimum atomic E-state index is -0.646. The third kappa shape index (κ3) is 2.23. The Balaban J connectivity index is 2.45. The number of H-pyrrole nitrogens is 1. The number of pyridine rings is 2. The van der Waals surface area contributed by atoms with Crippen molar-refractivity contribution in [2.45, 2.75) is 0 Å². The van der Waals surface area contributed by atoms with E-state index in [0.717, 1.165) is 5.56 Å². The number of nitrogens with one attached hydrogen (secondary N) is 1. The van der Waals surface area contributed by atoms with Gasteiger partial charge in [-0.25, -0.2) is 4.79 Å². The summed E-state index contributed by atoms with van der Waals surface area (Å²) in [7, 11) is 1.23. The van der Waals surface area contributed by atoms with Gasteiger partial charge >= 0.3 is 5.97 Å². The van der Waals surface area contributed by atoms with Crippen molar-refractivity contribution >= 4 is 5.97 Å². The van der Waals surface area contributed by atoms with Crippen LogP contribution in [0.3, 0.4) is 0 Å². The number of aromatic amines is 1. The molecule has 0 saturated heterocycles. The predicted molar refractivity (Wildman–Crippen MR) is 61.6 cm³/mol. The average Bonchev–Trinajstić information content (AvgIpc) is 2.39. The summed E-state index contributed by atoms with van der Waals surface area (Å²) in [5, 5.41) is 0. The Morgan fingerprint density at radius 2 is 1.94 bits per heavy atom. The van der Waals surface area contributed by atoms with Crippen LogP contribution < -0.4 is 5.56 Å². The van der Waals surface area contributed by atoms with Crippen molar-refractivity contribution in [2.75, 3.05) is 7.11 Å². The van der Waals surface area contributed by atoms with Gasteiger partial charge in [-0.05, 0) is 24.3 Å². The summed E-state index contributed by atoms with van der Waals surface area (Å²) in [6, 6.07) is 6.63. The van der Waals surface area contributed by atoms with Gasteiger partial charge < -0.3 is 9.72 Å². The lowest BCUT2D eigenvalue weighted by atomic mass is 10.1. The molecule has 0 unspecified atom stereocenters. The maximum absolute atomic E-state index is 11.6. The first-order chi connectivity index (χ1) is 8.22. The van der Waals surface area contributed by atoms with Crippen molar-refractivity contribution in [3.8, 4) is 11.3 Å². The molecule has 5 heteroatoms. The van der Waals surface area contributed by atoms with Gasteiger partial charge in [-0.1, -0.05) is 0 Å². The Morgan fingerprint density at radius 3 is 2.53 bits per heavy atom. The van der Waals surface area contributed by atoms with Gasteiger partial charge in [0.25, 0.3) is 5.56 Å². The van der Waals surface area contributed by atoms with E-state index in [1.807, 2.05) is 0 Å². The summed E-state index contributed by atoms with van der Waals surface area (Å²) in [5.41, 5.74) is 0.982. The number of rotatable bonds is 2. The number of carbonyl (C=O) groups excluding carboxylic acids is 1. The minimum Gasteiger partial charge on any atom is -0.465 e. The molecule has 2 heterocycles. The van der Waals surface area contributed by atoms with E-state index in [1.165, 1.54) is 13.2 Å². The number of methoxy groups -OCH3 is 1. The largest absolute Gasteiger partial charge is 0.465 e. The Bertz CT molecular complexity index is 590. The molecule has 17 heavy (non-hydrogen) atoms. The van der Waals surface area contributed by atoms with Crippen LogP contribution in [-0.2, 0) is 4.74 Å². The Labute approximate surface area is 97.1 Å². The fourth-order valence-corrected chi connectivity index (χ4v) is 1.44. The molecule has 5 nitrogen and oxygen atoms in total. The fourth-order valence-electron chi connectivity index (χ4n) is 1.44. The Morgan fingerprint density at radius 1 is 1.24 bits per heavy atom. The maximum Gasteiger partial charge on any atom is 0.343 e. The minimum absolute atomic E-state index is 0.00898. The number of hydrogen-bond donors (Lipinski definition) is 1. The van der Waals surface area contributed by atoms with Gasteiger partial charge in [-0.15, -0.1) is 0 Å². The molecule has 86 valence electrons. The molecule has 0 bridgehead atoms. The van der Waals surface area contributed by atoms with Crippen LogP contribution in [-0.4, -0.2) is 23.0 Å². The van der Waals surface area contributed by atoms with Gasteiger partial charge in [0.1, 0.15) is 5.56 Å². The number of hydrogen-bond acceptors (Lipinski definition) is 4. The molecule has 2 rings (SSSR count). The monoisotopic (exact) mass is 230 g/mol. The fraction of sp³-hybridized carbons (Fsp3) is 0.0833. The Hall–Kier alpha value is -2.43. The molecule has 0 atom stereocenters. The van der Waals surface area contributed by atoms with Crippen molar-refractivity contribution in [1.29, 1.82) is 0 Å². The smallest absolute Gasteiger partial charge is 0.343 e. The topological polar surface area (TPSA) is 72.0 Å². The molecule has 0 aliphatic carbocycles. The molecule has 0 spiro atoms. The van der Waals surface area contributed by atoms with Crippen molar-refractivity contribution < 1.29 is 9.53 Å². The summed E-state index contributed by atoms with van der Waals surface area (Å²) in [6.07, 6.45) is 3.25. The highest BCUT2D eigenvalue weighted by Crippen LogP contribution is 2.13. The Kier molecular flexibility index (Phi) is 3.00. The van der Waals surface area contributed by atoms with Crippen LogP contribution in [0.1, 0.15) is 10.4 Å². The number of esters is 1. The molecule has 0 aliphatic heterocycles. The molecular weight excluding hydrogens is 220 g/mol. The van der Waals surface area contributed by atoms with E-state index >= 15 is 0 Å². The van der Waals surface area contributed by atoms with Gasteiger partial charge in [0.05, 0.1) is 7.11 Å². The SMILES string of the molecule is COC(=O)c1ccc(-c2ccncc2)[nH]c1=O. The van der Waals surface area contributed by atoms with Crippen LogP contribution in [0.25, 0.3) is 11.3 Å². The highest BCUT2D eigenvalue weighted by Gasteiger charge is 2.10. The van der Waals surface area contributed by atoms with Crippen LogP contribution >= 0.6 is 0 Å². The normalized spacial score (nSPS) is 9.94. The molecule has 0 saturated carbocycles. The third-order valence-electron chi connectivity index (χ3n) is 2.31. The van der Waals surface area contributed by atoms with Crippen molar-refractivity contribution in [2.24, 2.45) is 0 Å². The maximum atomic E-state index is 11.6. The number of nitrogens with zero attached hydrogens (tertiary/aromatic N) is 1. The molecule has 0 radical (unpaired) electrons. The van der Waals surface area contributed by atoms with Crippen LogP contribution in [0.15, 0.2) is 41.5 Å². The zero-order valence-electron chi connectivity index (χ0n) is 9.14. The quantitative estimate of drug-likeness (QED) is 0.787. The summed E-state index contributed by atoms with van der Waals surface area (Å²) in [4.78, 5) is 29.4. The zero-order valence-corrected chi connectivity index (χ0v) is 9.14. The second-order valence-corrected chi connectivity index (χ2v) is 3.34. The summed E-state index contributed by atoms with van der Waals surface area (Å²) >= 11 is 0. The molecule has 2 aromatic rings. The third-order valence-corrected chi connectivity index (χ3v) is 2.31. The lowest BCUT2D eigenvalue weighted by molar-refractivity contribution is 0.0598. The molecule has 2 aromatic heterocycles. The van der Waals surface area contributed by atoms with Crippen LogP contribution in [0.2, 0.25) is 0 Å². The number of aromatic nitrogens is 2. The first-order valence-corrected chi connectivity index (χ1v) is 4.94. The lowest BCUT2D eigenvalue weighted by Crippen LogP contribution is -2.18. The summed E-state index contributed by atoms with van der Waals surface area (Å²) in [5.74, 6) is -0.646. The average molecular weight is 230 g/mol. The van der Waals surface area contributed by atoms with Crippen LogP contribution in [0, 0.1) is 0 Å². The predicted octanol–water partition coefficient (Wildman–Crippen LogP) is 1.22. The second kappa shape index (κ2) is 4.61. The molecular formula is C12H10N2O3. The number of ether oxygens (including phenoxy) is 1. The highest BCUT2D eigenvalue weighted by molar-refractivity contribution is 5.89. The highest BCUT2D eigenvalue weighted by atomic mass is 16.5. The van der Waals surface area contributed by atoms with Gasteiger partial charge in [-0.3, -0.25) is 9.78 Å². The van der Waals surface area contributed by atoms with Gasteiger partial charge in [0.15, 0.2) is 0 Å². The van der Waals surface area contributed by atoms with E-state index in [1.54, 1.807) is 30.6 Å².